The van der Waals surface area contributed by atoms with E-state index in [2.05, 4.69) is 40.7 Å². The van der Waals surface area contributed by atoms with Crippen LogP contribution in [-0.2, 0) is 6.54 Å². The Balaban J connectivity index is 1.36. The standard InChI is InChI=1S/C16H20BrN7O3/c1-16(11-23-9-13(24(25)26)20-15(23)27-16)10-21-3-2-4-22(6-5-21)14-18-7-12(17)8-19-14/h7-9H,2-6,10-11H2,1H3. The van der Waals surface area contributed by atoms with Crippen LogP contribution < -0.4 is 9.64 Å². The van der Waals surface area contributed by atoms with Crippen molar-refractivity contribution in [2.24, 2.45) is 0 Å². The highest BCUT2D eigenvalue weighted by atomic mass is 79.9. The monoisotopic (exact) mass is 437 g/mol. The van der Waals surface area contributed by atoms with Gasteiger partial charge in [-0.1, -0.05) is 0 Å². The molecule has 27 heavy (non-hydrogen) atoms. The Morgan fingerprint density at radius 1 is 1.30 bits per heavy atom. The number of halogens is 1. The first-order valence-electron chi connectivity index (χ1n) is 8.77. The maximum absolute atomic E-state index is 10.8. The summed E-state index contributed by atoms with van der Waals surface area (Å²) in [5.74, 6) is 0.572. The average molecular weight is 438 g/mol. The predicted molar refractivity (Wildman–Crippen MR) is 101 cm³/mol. The number of aromatic nitrogens is 4. The predicted octanol–water partition coefficient (Wildman–Crippen LogP) is 1.71. The second-order valence-corrected chi connectivity index (χ2v) is 8.05. The third-order valence-corrected chi connectivity index (χ3v) is 5.20. The fourth-order valence-corrected chi connectivity index (χ4v) is 3.84. The van der Waals surface area contributed by atoms with Crippen molar-refractivity contribution in [1.82, 2.24) is 24.4 Å². The van der Waals surface area contributed by atoms with Crippen molar-refractivity contribution < 1.29 is 9.66 Å². The van der Waals surface area contributed by atoms with Crippen molar-refractivity contribution in [3.8, 4) is 6.01 Å². The molecule has 0 spiro atoms. The van der Waals surface area contributed by atoms with E-state index < -0.39 is 10.5 Å². The number of imidazole rings is 1. The molecule has 0 aromatic carbocycles. The number of anilines is 1. The SMILES string of the molecule is CC1(CN2CCCN(c3ncc(Br)cn3)CC2)Cn2cc([N+](=O)[O-])nc2O1. The highest BCUT2D eigenvalue weighted by Gasteiger charge is 2.41. The van der Waals surface area contributed by atoms with Crippen LogP contribution in [0, 0.1) is 10.1 Å². The summed E-state index contributed by atoms with van der Waals surface area (Å²) in [4.78, 5) is 27.6. The molecule has 0 aliphatic carbocycles. The molecule has 1 atom stereocenters. The third kappa shape index (κ3) is 3.88. The lowest BCUT2D eigenvalue weighted by Gasteiger charge is -2.30. The first-order chi connectivity index (χ1) is 12.9. The average Bonchev–Trinajstić information content (AvgIpc) is 3.03. The molecule has 4 rings (SSSR count). The summed E-state index contributed by atoms with van der Waals surface area (Å²) in [6, 6.07) is 0.323. The number of hydrogen-bond donors (Lipinski definition) is 0. The molecule has 0 saturated carbocycles. The van der Waals surface area contributed by atoms with Crippen LogP contribution in [0.15, 0.2) is 23.1 Å². The number of hydrogen-bond acceptors (Lipinski definition) is 8. The van der Waals surface area contributed by atoms with Crippen LogP contribution in [0.5, 0.6) is 6.01 Å². The van der Waals surface area contributed by atoms with Crippen LogP contribution in [0.2, 0.25) is 0 Å². The van der Waals surface area contributed by atoms with Gasteiger partial charge in [0.05, 0.1) is 11.0 Å². The van der Waals surface area contributed by atoms with Gasteiger partial charge in [0.1, 0.15) is 11.8 Å². The normalized spacial score (nSPS) is 23.0. The molecule has 1 unspecified atom stereocenters. The number of ether oxygens (including phenoxy) is 1. The number of nitrogens with zero attached hydrogens (tertiary/aromatic N) is 7. The van der Waals surface area contributed by atoms with Crippen LogP contribution >= 0.6 is 15.9 Å². The molecule has 10 nitrogen and oxygen atoms in total. The summed E-state index contributed by atoms with van der Waals surface area (Å²) in [6.45, 7) is 6.89. The van der Waals surface area contributed by atoms with Gasteiger partial charge < -0.3 is 19.8 Å². The van der Waals surface area contributed by atoms with E-state index in [1.807, 2.05) is 6.92 Å². The van der Waals surface area contributed by atoms with E-state index in [4.69, 9.17) is 4.74 Å². The Hall–Kier alpha value is -2.27. The molecule has 4 heterocycles. The Morgan fingerprint density at radius 2 is 2.07 bits per heavy atom. The minimum atomic E-state index is -0.500. The molecule has 144 valence electrons. The Morgan fingerprint density at radius 3 is 2.78 bits per heavy atom. The van der Waals surface area contributed by atoms with Crippen molar-refractivity contribution in [1.29, 1.82) is 0 Å². The minimum absolute atomic E-state index is 0.174. The van der Waals surface area contributed by atoms with E-state index in [0.29, 0.717) is 12.6 Å². The summed E-state index contributed by atoms with van der Waals surface area (Å²) >= 11 is 3.36. The number of nitro groups is 1. The van der Waals surface area contributed by atoms with Gasteiger partial charge in [0, 0.05) is 50.1 Å². The van der Waals surface area contributed by atoms with Crippen molar-refractivity contribution in [3.63, 3.8) is 0 Å². The van der Waals surface area contributed by atoms with Gasteiger partial charge in [-0.05, 0) is 34.2 Å². The van der Waals surface area contributed by atoms with Crippen molar-refractivity contribution in [3.05, 3.63) is 33.2 Å². The molecule has 11 heteroatoms. The van der Waals surface area contributed by atoms with Gasteiger partial charge in [0.25, 0.3) is 0 Å². The largest absolute Gasteiger partial charge is 0.436 e. The fourth-order valence-electron chi connectivity index (χ4n) is 3.63. The first kappa shape index (κ1) is 18.1. The van der Waals surface area contributed by atoms with E-state index in [9.17, 15) is 10.1 Å². The molecule has 0 bridgehead atoms. The third-order valence-electron chi connectivity index (χ3n) is 4.79. The lowest BCUT2D eigenvalue weighted by Crippen LogP contribution is -2.46. The van der Waals surface area contributed by atoms with Crippen LogP contribution in [0.3, 0.4) is 0 Å². The summed E-state index contributed by atoms with van der Waals surface area (Å²) < 4.78 is 8.54. The van der Waals surface area contributed by atoms with E-state index in [1.165, 1.54) is 6.20 Å². The van der Waals surface area contributed by atoms with E-state index in [-0.39, 0.29) is 5.82 Å². The van der Waals surface area contributed by atoms with E-state index >= 15 is 0 Å². The quantitative estimate of drug-likeness (QED) is 0.525. The molecule has 1 fully saturated rings. The first-order valence-corrected chi connectivity index (χ1v) is 9.57. The van der Waals surface area contributed by atoms with Gasteiger partial charge in [-0.2, -0.15) is 0 Å². The van der Waals surface area contributed by atoms with Gasteiger partial charge in [-0.15, -0.1) is 0 Å². The van der Waals surface area contributed by atoms with E-state index in [1.54, 1.807) is 17.0 Å². The summed E-state index contributed by atoms with van der Waals surface area (Å²) in [6.07, 6.45) is 5.97. The molecule has 0 N–H and O–H groups in total. The Labute approximate surface area is 164 Å². The maximum atomic E-state index is 10.8. The van der Waals surface area contributed by atoms with Gasteiger partial charge in [0.2, 0.25) is 5.95 Å². The number of fused-ring (bicyclic) bond motifs is 1. The Kier molecular flexibility index (Phi) is 4.72. The van der Waals surface area contributed by atoms with Crippen LogP contribution in [0.1, 0.15) is 13.3 Å². The van der Waals surface area contributed by atoms with Crippen molar-refractivity contribution in [2.45, 2.75) is 25.5 Å². The highest BCUT2D eigenvalue weighted by molar-refractivity contribution is 9.10. The lowest BCUT2D eigenvalue weighted by molar-refractivity contribution is -0.389. The van der Waals surface area contributed by atoms with Gasteiger partial charge in [-0.3, -0.25) is 9.47 Å². The molecule has 2 aliphatic heterocycles. The minimum Gasteiger partial charge on any atom is -0.436 e. The molecule has 2 aromatic heterocycles. The summed E-state index contributed by atoms with van der Waals surface area (Å²) in [7, 11) is 0. The highest BCUT2D eigenvalue weighted by Crippen LogP contribution is 2.31. The van der Waals surface area contributed by atoms with Gasteiger partial charge in [-0.25, -0.2) is 9.97 Å². The second-order valence-electron chi connectivity index (χ2n) is 7.14. The molecule has 2 aliphatic rings. The zero-order valence-corrected chi connectivity index (χ0v) is 16.5. The number of rotatable bonds is 4. The summed E-state index contributed by atoms with van der Waals surface area (Å²) in [5, 5.41) is 10.8. The smallest absolute Gasteiger partial charge is 0.415 e. The van der Waals surface area contributed by atoms with Crippen LogP contribution in [0.4, 0.5) is 11.8 Å². The van der Waals surface area contributed by atoms with Crippen LogP contribution in [-0.4, -0.2) is 67.7 Å². The molecule has 2 aromatic rings. The van der Waals surface area contributed by atoms with E-state index in [0.717, 1.165) is 49.6 Å². The topological polar surface area (TPSA) is 102 Å². The molecule has 0 amide bonds. The van der Waals surface area contributed by atoms with Crippen LogP contribution in [0.25, 0.3) is 0 Å². The van der Waals surface area contributed by atoms with Crippen molar-refractivity contribution in [2.75, 3.05) is 37.6 Å². The molecule has 0 radical (unpaired) electrons. The molecular weight excluding hydrogens is 418 g/mol. The summed E-state index contributed by atoms with van der Waals surface area (Å²) in [5.41, 5.74) is -0.444. The molecular formula is C16H20BrN7O3. The van der Waals surface area contributed by atoms with Gasteiger partial charge in [0.15, 0.2) is 0 Å². The second kappa shape index (κ2) is 7.04. The van der Waals surface area contributed by atoms with Crippen molar-refractivity contribution >= 4 is 27.7 Å². The molecule has 1 saturated heterocycles. The fraction of sp³-hybridized carbons (Fsp3) is 0.562. The maximum Gasteiger partial charge on any atom is 0.415 e. The Bertz CT molecular complexity index is 818. The van der Waals surface area contributed by atoms with Gasteiger partial charge >= 0.3 is 11.8 Å². The lowest BCUT2D eigenvalue weighted by atomic mass is 10.1. The zero-order chi connectivity index (χ0) is 19.0. The zero-order valence-electron chi connectivity index (χ0n) is 14.9.